The quantitative estimate of drug-likeness (QED) is 0.766. The van der Waals surface area contributed by atoms with Crippen LogP contribution < -0.4 is 0 Å². The fraction of sp³-hybridized carbons (Fsp3) is 0.667. The summed E-state index contributed by atoms with van der Waals surface area (Å²) in [6.07, 6.45) is 2.63. The van der Waals surface area contributed by atoms with Gasteiger partial charge in [-0.25, -0.2) is 4.39 Å². The first-order valence-electron chi connectivity index (χ1n) is 8.14. The van der Waals surface area contributed by atoms with Gasteiger partial charge in [0.15, 0.2) is 0 Å². The zero-order chi connectivity index (χ0) is 14.8. The summed E-state index contributed by atoms with van der Waals surface area (Å²) in [7, 11) is 0. The van der Waals surface area contributed by atoms with E-state index >= 15 is 0 Å². The molecule has 3 aliphatic carbocycles. The Morgan fingerprint density at radius 1 is 1.29 bits per heavy atom. The standard InChI is InChI=1S/C18H23FO2/c1-18-7-6-13-12-5-3-11(20)8-10(12)2-4-14(13)15(18)9-16(19)17(18)21/h3,5,8,13-17,20-21H,2,4,6-7,9H2,1H3/t13-,14-,15+,16+,17+,18+/m1/s1/i19-1. The van der Waals surface area contributed by atoms with Gasteiger partial charge in [-0.2, -0.15) is 0 Å². The van der Waals surface area contributed by atoms with Gasteiger partial charge in [-0.3, -0.25) is 0 Å². The molecule has 2 saturated carbocycles. The first-order chi connectivity index (χ1) is 10.0. The molecule has 114 valence electrons. The Morgan fingerprint density at radius 3 is 2.90 bits per heavy atom. The number of aryl methyl sites for hydroxylation is 1. The molecule has 1 aromatic carbocycles. The number of fused-ring (bicyclic) bond motifs is 5. The minimum Gasteiger partial charge on any atom is -0.508 e. The number of phenols is 1. The van der Waals surface area contributed by atoms with Gasteiger partial charge < -0.3 is 10.2 Å². The first-order valence-corrected chi connectivity index (χ1v) is 8.14. The lowest BCUT2D eigenvalue weighted by Crippen LogP contribution is -2.44. The highest BCUT2D eigenvalue weighted by Crippen LogP contribution is 2.61. The van der Waals surface area contributed by atoms with Crippen LogP contribution in [0.3, 0.4) is 0 Å². The van der Waals surface area contributed by atoms with Crippen LogP contribution in [0.1, 0.15) is 49.7 Å². The van der Waals surface area contributed by atoms with Crippen molar-refractivity contribution in [2.45, 2.75) is 57.2 Å². The van der Waals surface area contributed by atoms with E-state index in [-0.39, 0.29) is 5.41 Å². The maximum Gasteiger partial charge on any atom is 0.127 e. The number of benzene rings is 1. The molecule has 0 saturated heterocycles. The van der Waals surface area contributed by atoms with Gasteiger partial charge in [0.25, 0.3) is 0 Å². The van der Waals surface area contributed by atoms with Gasteiger partial charge in [-0.15, -0.1) is 0 Å². The largest absolute Gasteiger partial charge is 0.508 e. The summed E-state index contributed by atoms with van der Waals surface area (Å²) >= 11 is 0. The lowest BCUT2D eigenvalue weighted by atomic mass is 9.55. The van der Waals surface area contributed by atoms with E-state index in [0.29, 0.717) is 29.9 Å². The van der Waals surface area contributed by atoms with Crippen molar-refractivity contribution in [1.82, 2.24) is 0 Å². The van der Waals surface area contributed by atoms with Crippen molar-refractivity contribution in [3.05, 3.63) is 29.3 Å². The maximum absolute atomic E-state index is 14.1. The number of aliphatic hydroxyl groups is 1. The van der Waals surface area contributed by atoms with Gasteiger partial charge in [0.2, 0.25) is 0 Å². The number of hydrogen-bond donors (Lipinski definition) is 2. The summed E-state index contributed by atoms with van der Waals surface area (Å²) in [5, 5.41) is 19.9. The van der Waals surface area contributed by atoms with E-state index in [2.05, 4.69) is 13.0 Å². The predicted molar refractivity (Wildman–Crippen MR) is 79.0 cm³/mol. The van der Waals surface area contributed by atoms with E-state index < -0.39 is 12.3 Å². The molecule has 0 heterocycles. The average Bonchev–Trinajstić information content (AvgIpc) is 2.70. The van der Waals surface area contributed by atoms with Crippen molar-refractivity contribution < 1.29 is 14.6 Å². The number of alkyl halides is 1. The highest BCUT2D eigenvalue weighted by Gasteiger charge is 2.58. The van der Waals surface area contributed by atoms with Crippen molar-refractivity contribution >= 4 is 0 Å². The van der Waals surface area contributed by atoms with Crippen LogP contribution in [0.5, 0.6) is 5.75 Å². The second kappa shape index (κ2) is 4.45. The molecule has 6 atom stereocenters. The van der Waals surface area contributed by atoms with E-state index in [1.807, 2.05) is 6.07 Å². The van der Waals surface area contributed by atoms with Crippen molar-refractivity contribution in [2.75, 3.05) is 0 Å². The molecule has 0 amide bonds. The number of rotatable bonds is 0. The Kier molecular flexibility index (Phi) is 2.88. The Morgan fingerprint density at radius 2 is 2.10 bits per heavy atom. The molecule has 2 N–H and O–H groups in total. The van der Waals surface area contributed by atoms with Gasteiger partial charge in [0.1, 0.15) is 11.9 Å². The maximum atomic E-state index is 14.1. The highest BCUT2D eigenvalue weighted by molar-refractivity contribution is 5.40. The zero-order valence-electron chi connectivity index (χ0n) is 12.4. The van der Waals surface area contributed by atoms with Crippen LogP contribution in [-0.4, -0.2) is 22.5 Å². The molecule has 3 heteroatoms. The molecular weight excluding hydrogens is 266 g/mol. The van der Waals surface area contributed by atoms with Crippen molar-refractivity contribution in [3.63, 3.8) is 0 Å². The van der Waals surface area contributed by atoms with E-state index in [4.69, 9.17) is 0 Å². The molecular formula is C18H23FO2. The van der Waals surface area contributed by atoms with E-state index in [1.165, 1.54) is 11.1 Å². The summed E-state index contributed by atoms with van der Waals surface area (Å²) in [6.45, 7) is 2.09. The minimum absolute atomic E-state index is 0.241. The van der Waals surface area contributed by atoms with Crippen LogP contribution in [0.15, 0.2) is 18.2 Å². The lowest BCUT2D eigenvalue weighted by molar-refractivity contribution is -0.0365. The summed E-state index contributed by atoms with van der Waals surface area (Å²) in [4.78, 5) is 0. The molecule has 0 radical (unpaired) electrons. The monoisotopic (exact) mass is 289 g/mol. The molecule has 2 fully saturated rings. The molecule has 2 nitrogen and oxygen atoms in total. The number of hydrogen-bond acceptors (Lipinski definition) is 2. The predicted octanol–water partition coefficient (Wildman–Crippen LogP) is 3.56. The number of aromatic hydroxyl groups is 1. The van der Waals surface area contributed by atoms with Crippen LogP contribution in [0, 0.1) is 17.3 Å². The molecule has 21 heavy (non-hydrogen) atoms. The van der Waals surface area contributed by atoms with Crippen molar-refractivity contribution in [2.24, 2.45) is 17.3 Å². The molecule has 0 unspecified atom stereocenters. The molecule has 0 spiro atoms. The number of aliphatic hydroxyl groups excluding tert-OH is 1. The third-order valence-electron chi connectivity index (χ3n) is 6.65. The third kappa shape index (κ3) is 1.79. The molecule has 0 aromatic heterocycles. The van der Waals surface area contributed by atoms with Crippen LogP contribution in [0.4, 0.5) is 4.39 Å². The minimum atomic E-state index is -1.06. The molecule has 1 aromatic rings. The van der Waals surface area contributed by atoms with Crippen LogP contribution in [0.2, 0.25) is 0 Å². The number of halogens is 1. The molecule has 4 rings (SSSR count). The highest BCUT2D eigenvalue weighted by atomic mass is 18.2. The second-order valence-electron chi connectivity index (χ2n) is 7.54. The Bertz CT molecular complexity index is 572. The van der Waals surface area contributed by atoms with E-state index in [0.717, 1.165) is 25.7 Å². The molecule has 0 aliphatic heterocycles. The van der Waals surface area contributed by atoms with Crippen molar-refractivity contribution in [1.29, 1.82) is 0 Å². The fourth-order valence-corrected chi connectivity index (χ4v) is 5.51. The summed E-state index contributed by atoms with van der Waals surface area (Å²) < 4.78 is 14.1. The fourth-order valence-electron chi connectivity index (χ4n) is 5.51. The van der Waals surface area contributed by atoms with Crippen LogP contribution >= 0.6 is 0 Å². The van der Waals surface area contributed by atoms with Gasteiger partial charge in [-0.05, 0) is 78.5 Å². The Hall–Kier alpha value is -1.09. The number of phenolic OH excluding ortho intramolecular Hbond substituents is 1. The van der Waals surface area contributed by atoms with Gasteiger partial charge >= 0.3 is 0 Å². The first kappa shape index (κ1) is 13.6. The SMILES string of the molecule is C[C@]12CC[C@@H]3c4ccc(O)cc4CC[C@H]3[C@@H]1C[C@H]([18F])[C@@H]2O. The Labute approximate surface area is 125 Å². The summed E-state index contributed by atoms with van der Waals surface area (Å²) in [6, 6.07) is 5.72. The molecule has 0 bridgehead atoms. The van der Waals surface area contributed by atoms with Crippen molar-refractivity contribution in [3.8, 4) is 5.75 Å². The smallest absolute Gasteiger partial charge is 0.127 e. The topological polar surface area (TPSA) is 40.5 Å². The lowest BCUT2D eigenvalue weighted by Gasteiger charge is -2.49. The summed E-state index contributed by atoms with van der Waals surface area (Å²) in [5.74, 6) is 1.59. The van der Waals surface area contributed by atoms with Gasteiger partial charge in [0, 0.05) is 0 Å². The van der Waals surface area contributed by atoms with Crippen LogP contribution in [0.25, 0.3) is 0 Å². The van der Waals surface area contributed by atoms with E-state index in [1.54, 1.807) is 6.07 Å². The summed E-state index contributed by atoms with van der Waals surface area (Å²) in [5.41, 5.74) is 2.37. The van der Waals surface area contributed by atoms with Gasteiger partial charge in [0.05, 0.1) is 6.10 Å². The zero-order valence-corrected chi connectivity index (χ0v) is 12.4. The molecule has 3 aliphatic rings. The average molecular weight is 289 g/mol. The normalized spacial score (nSPS) is 44.8. The second-order valence-corrected chi connectivity index (χ2v) is 7.54. The Balaban J connectivity index is 1.71. The third-order valence-corrected chi connectivity index (χ3v) is 6.65. The van der Waals surface area contributed by atoms with Gasteiger partial charge in [-0.1, -0.05) is 13.0 Å². The van der Waals surface area contributed by atoms with Crippen LogP contribution in [-0.2, 0) is 6.42 Å². The van der Waals surface area contributed by atoms with E-state index in [9.17, 15) is 14.6 Å².